The van der Waals surface area contributed by atoms with E-state index in [0.29, 0.717) is 6.04 Å². The summed E-state index contributed by atoms with van der Waals surface area (Å²) in [6.07, 6.45) is 0.0889. The molecule has 2 atom stereocenters. The van der Waals surface area contributed by atoms with Gasteiger partial charge in [0.05, 0.1) is 26.9 Å². The van der Waals surface area contributed by atoms with E-state index in [1.54, 1.807) is 14.2 Å². The molecule has 4 heteroatoms. The maximum atomic E-state index is 5.79. The van der Waals surface area contributed by atoms with Crippen molar-refractivity contribution in [3.8, 4) is 11.5 Å². The maximum Gasteiger partial charge on any atom is 0.161 e. The number of benzene rings is 1. The molecule has 0 amide bonds. The normalized spacial score (nSPS) is 24.4. The molecule has 1 fully saturated rings. The summed E-state index contributed by atoms with van der Waals surface area (Å²) in [6.45, 7) is 3.68. The van der Waals surface area contributed by atoms with E-state index >= 15 is 0 Å². The smallest absolute Gasteiger partial charge is 0.161 e. The molecule has 2 unspecified atom stereocenters. The van der Waals surface area contributed by atoms with Gasteiger partial charge in [-0.05, 0) is 24.6 Å². The number of rotatable bonds is 3. The lowest BCUT2D eigenvalue weighted by atomic mass is 10.1. The number of hydrogen-bond donors (Lipinski definition) is 1. The van der Waals surface area contributed by atoms with Crippen LogP contribution in [-0.4, -0.2) is 33.4 Å². The van der Waals surface area contributed by atoms with E-state index in [1.165, 1.54) is 0 Å². The Hall–Kier alpha value is -1.26. The second-order valence-electron chi connectivity index (χ2n) is 4.25. The van der Waals surface area contributed by atoms with Crippen molar-refractivity contribution in [1.82, 2.24) is 5.32 Å². The van der Waals surface area contributed by atoms with Gasteiger partial charge in [0, 0.05) is 12.6 Å². The lowest BCUT2D eigenvalue weighted by molar-refractivity contribution is 0.00683. The predicted molar refractivity (Wildman–Crippen MR) is 65.7 cm³/mol. The van der Waals surface area contributed by atoms with Gasteiger partial charge in [-0.1, -0.05) is 6.07 Å². The Morgan fingerprint density at radius 2 is 2.00 bits per heavy atom. The zero-order valence-electron chi connectivity index (χ0n) is 10.5. The number of hydrogen-bond acceptors (Lipinski definition) is 4. The average Bonchev–Trinajstić information content (AvgIpc) is 2.39. The van der Waals surface area contributed by atoms with Gasteiger partial charge in [0.15, 0.2) is 11.5 Å². The number of nitrogens with one attached hydrogen (secondary N) is 1. The fourth-order valence-electron chi connectivity index (χ4n) is 1.95. The summed E-state index contributed by atoms with van der Waals surface area (Å²) < 4.78 is 16.3. The first-order valence-corrected chi connectivity index (χ1v) is 5.81. The molecule has 1 aromatic rings. The Kier molecular flexibility index (Phi) is 3.86. The van der Waals surface area contributed by atoms with Crippen LogP contribution in [0.4, 0.5) is 0 Å². The highest BCUT2D eigenvalue weighted by molar-refractivity contribution is 5.43. The van der Waals surface area contributed by atoms with E-state index in [-0.39, 0.29) is 6.10 Å². The molecule has 0 saturated carbocycles. The van der Waals surface area contributed by atoms with E-state index < -0.39 is 0 Å². The topological polar surface area (TPSA) is 39.7 Å². The van der Waals surface area contributed by atoms with E-state index in [1.807, 2.05) is 18.2 Å². The summed E-state index contributed by atoms with van der Waals surface area (Å²) >= 11 is 0. The van der Waals surface area contributed by atoms with Crippen molar-refractivity contribution >= 4 is 0 Å². The number of ether oxygens (including phenoxy) is 3. The fraction of sp³-hybridized carbons (Fsp3) is 0.538. The molecule has 1 heterocycles. The Bertz CT molecular complexity index is 373. The zero-order chi connectivity index (χ0) is 12.3. The Morgan fingerprint density at radius 3 is 2.59 bits per heavy atom. The lowest BCUT2D eigenvalue weighted by Gasteiger charge is -2.28. The number of methoxy groups -OCH3 is 2. The highest BCUT2D eigenvalue weighted by Crippen LogP contribution is 2.31. The second-order valence-corrected chi connectivity index (χ2v) is 4.25. The third kappa shape index (κ3) is 2.70. The van der Waals surface area contributed by atoms with Crippen molar-refractivity contribution in [2.24, 2.45) is 0 Å². The molecule has 94 valence electrons. The van der Waals surface area contributed by atoms with Crippen molar-refractivity contribution in [3.05, 3.63) is 23.8 Å². The van der Waals surface area contributed by atoms with Crippen LogP contribution in [0.25, 0.3) is 0 Å². The maximum absolute atomic E-state index is 5.79. The summed E-state index contributed by atoms with van der Waals surface area (Å²) in [5.74, 6) is 1.49. The third-order valence-corrected chi connectivity index (χ3v) is 2.98. The monoisotopic (exact) mass is 237 g/mol. The first kappa shape index (κ1) is 12.2. The molecule has 0 aliphatic carbocycles. The molecule has 17 heavy (non-hydrogen) atoms. The van der Waals surface area contributed by atoms with E-state index in [2.05, 4.69) is 12.2 Å². The van der Waals surface area contributed by atoms with Crippen LogP contribution in [0.1, 0.15) is 18.6 Å². The van der Waals surface area contributed by atoms with Crippen LogP contribution in [0.5, 0.6) is 11.5 Å². The van der Waals surface area contributed by atoms with Gasteiger partial charge in [-0.3, -0.25) is 0 Å². The zero-order valence-corrected chi connectivity index (χ0v) is 10.5. The first-order chi connectivity index (χ1) is 8.24. The van der Waals surface area contributed by atoms with Gasteiger partial charge in [-0.15, -0.1) is 0 Å². The summed E-state index contributed by atoms with van der Waals surface area (Å²) in [5.41, 5.74) is 1.11. The van der Waals surface area contributed by atoms with Crippen LogP contribution in [0.3, 0.4) is 0 Å². The molecule has 0 aromatic heterocycles. The summed E-state index contributed by atoms with van der Waals surface area (Å²) in [7, 11) is 3.28. The van der Waals surface area contributed by atoms with E-state index in [0.717, 1.165) is 30.2 Å². The third-order valence-electron chi connectivity index (χ3n) is 2.98. The predicted octanol–water partition coefficient (Wildman–Crippen LogP) is 1.75. The molecule has 0 spiro atoms. The largest absolute Gasteiger partial charge is 0.493 e. The molecule has 1 aliphatic rings. The molecule has 1 aliphatic heterocycles. The molecule has 2 rings (SSSR count). The van der Waals surface area contributed by atoms with Crippen molar-refractivity contribution < 1.29 is 14.2 Å². The minimum Gasteiger partial charge on any atom is -0.493 e. The minimum absolute atomic E-state index is 0.0889. The van der Waals surface area contributed by atoms with Gasteiger partial charge in [0.25, 0.3) is 0 Å². The quantitative estimate of drug-likeness (QED) is 0.869. The van der Waals surface area contributed by atoms with Crippen LogP contribution < -0.4 is 14.8 Å². The molecular formula is C13H19NO3. The first-order valence-electron chi connectivity index (χ1n) is 5.81. The molecule has 1 aromatic carbocycles. The van der Waals surface area contributed by atoms with Crippen LogP contribution >= 0.6 is 0 Å². The molecule has 4 nitrogen and oxygen atoms in total. The van der Waals surface area contributed by atoms with Crippen LogP contribution in [0.2, 0.25) is 0 Å². The van der Waals surface area contributed by atoms with Crippen molar-refractivity contribution in [2.75, 3.05) is 27.4 Å². The Morgan fingerprint density at radius 1 is 1.24 bits per heavy atom. The van der Waals surface area contributed by atoms with Crippen LogP contribution in [-0.2, 0) is 4.74 Å². The van der Waals surface area contributed by atoms with Gasteiger partial charge in [-0.2, -0.15) is 0 Å². The summed E-state index contributed by atoms with van der Waals surface area (Å²) in [5, 5.41) is 3.40. The van der Waals surface area contributed by atoms with Crippen LogP contribution in [0, 0.1) is 0 Å². The summed E-state index contributed by atoms with van der Waals surface area (Å²) in [6, 6.07) is 6.33. The average molecular weight is 237 g/mol. The minimum atomic E-state index is 0.0889. The molecule has 0 bridgehead atoms. The van der Waals surface area contributed by atoms with E-state index in [9.17, 15) is 0 Å². The lowest BCUT2D eigenvalue weighted by Crippen LogP contribution is -2.40. The Labute approximate surface area is 102 Å². The fourth-order valence-corrected chi connectivity index (χ4v) is 1.95. The van der Waals surface area contributed by atoms with Gasteiger partial charge in [0.1, 0.15) is 0 Å². The van der Waals surface area contributed by atoms with Gasteiger partial charge in [0.2, 0.25) is 0 Å². The highest BCUT2D eigenvalue weighted by atomic mass is 16.5. The van der Waals surface area contributed by atoms with Crippen LogP contribution in [0.15, 0.2) is 18.2 Å². The Balaban J connectivity index is 2.16. The molecule has 1 N–H and O–H groups in total. The molecule has 0 radical (unpaired) electrons. The second kappa shape index (κ2) is 5.38. The van der Waals surface area contributed by atoms with Crippen molar-refractivity contribution in [1.29, 1.82) is 0 Å². The SMILES string of the molecule is COc1ccc(C2CNC(C)CO2)cc1OC. The number of morpholine rings is 1. The van der Waals surface area contributed by atoms with Gasteiger partial charge < -0.3 is 19.5 Å². The van der Waals surface area contributed by atoms with E-state index in [4.69, 9.17) is 14.2 Å². The highest BCUT2D eigenvalue weighted by Gasteiger charge is 2.20. The van der Waals surface area contributed by atoms with Gasteiger partial charge in [-0.25, -0.2) is 0 Å². The standard InChI is InChI=1S/C13H19NO3/c1-9-8-17-13(7-14-9)10-4-5-11(15-2)12(6-10)16-3/h4-6,9,13-14H,7-8H2,1-3H3. The summed E-state index contributed by atoms with van der Waals surface area (Å²) in [4.78, 5) is 0. The van der Waals surface area contributed by atoms with Crippen molar-refractivity contribution in [3.63, 3.8) is 0 Å². The van der Waals surface area contributed by atoms with Crippen molar-refractivity contribution in [2.45, 2.75) is 19.1 Å². The van der Waals surface area contributed by atoms with Gasteiger partial charge >= 0.3 is 0 Å². The molecular weight excluding hydrogens is 218 g/mol. The molecule has 1 saturated heterocycles.